The summed E-state index contributed by atoms with van der Waals surface area (Å²) in [5.74, 6) is -0.183. The molecule has 0 radical (unpaired) electrons. The fraction of sp³-hybridized carbons (Fsp3) is 0.278. The van der Waals surface area contributed by atoms with Crippen LogP contribution in [0, 0.1) is 12.3 Å². The van der Waals surface area contributed by atoms with E-state index in [-0.39, 0.29) is 16.5 Å². The Kier molecular flexibility index (Phi) is 5.19. The van der Waals surface area contributed by atoms with Crippen molar-refractivity contribution in [3.63, 3.8) is 0 Å². The van der Waals surface area contributed by atoms with Crippen molar-refractivity contribution in [1.82, 2.24) is 4.57 Å². The van der Waals surface area contributed by atoms with Crippen molar-refractivity contribution < 1.29 is 4.79 Å². The lowest BCUT2D eigenvalue weighted by atomic mass is 9.91. The van der Waals surface area contributed by atoms with Gasteiger partial charge in [-0.2, -0.15) is 0 Å². The lowest BCUT2D eigenvalue weighted by Crippen LogP contribution is -2.38. The predicted octanol–water partition coefficient (Wildman–Crippen LogP) is 2.46. The van der Waals surface area contributed by atoms with Crippen LogP contribution in [0.3, 0.4) is 0 Å². The summed E-state index contributed by atoms with van der Waals surface area (Å²) in [6, 6.07) is 12.1. The number of aryl methyl sites for hydroxylation is 1. The molecule has 2 aromatic rings. The number of nitrogens with one attached hydrogen (secondary N) is 1. The summed E-state index contributed by atoms with van der Waals surface area (Å²) in [6.45, 7) is 5.75. The molecule has 0 unspecified atom stereocenters. The number of rotatable bonds is 5. The third-order valence-corrected chi connectivity index (χ3v) is 4.08. The number of pyridine rings is 1. The maximum absolute atomic E-state index is 12.7. The number of thiocarbonyl (C=S) groups is 1. The zero-order valence-electron chi connectivity index (χ0n) is 14.0. The highest BCUT2D eigenvalue weighted by Gasteiger charge is 2.29. The highest BCUT2D eigenvalue weighted by atomic mass is 32.1. The number of anilines is 1. The monoisotopic (exact) mass is 343 g/mol. The van der Waals surface area contributed by atoms with Crippen molar-refractivity contribution in [2.24, 2.45) is 11.1 Å². The van der Waals surface area contributed by atoms with E-state index in [1.54, 1.807) is 48.7 Å². The molecule has 0 fully saturated rings. The third-order valence-electron chi connectivity index (χ3n) is 3.84. The number of aromatic nitrogens is 1. The van der Waals surface area contributed by atoms with Gasteiger partial charge in [-0.15, -0.1) is 0 Å². The van der Waals surface area contributed by atoms with E-state index in [0.717, 1.165) is 5.69 Å². The molecule has 0 aliphatic rings. The maximum Gasteiger partial charge on any atom is 0.250 e. The molecule has 1 aromatic heterocycles. The average molecular weight is 343 g/mol. The van der Waals surface area contributed by atoms with Gasteiger partial charge in [-0.3, -0.25) is 9.59 Å². The topological polar surface area (TPSA) is 77.1 Å². The summed E-state index contributed by atoms with van der Waals surface area (Å²) in [5.41, 5.74) is 6.86. The van der Waals surface area contributed by atoms with Gasteiger partial charge in [0.1, 0.15) is 4.99 Å². The minimum atomic E-state index is -0.769. The molecule has 0 saturated carbocycles. The van der Waals surface area contributed by atoms with Gasteiger partial charge in [0.05, 0.1) is 5.41 Å². The summed E-state index contributed by atoms with van der Waals surface area (Å²) in [6.07, 6.45) is 0. The Bertz CT molecular complexity index is 840. The molecule has 0 aliphatic heterocycles. The largest absolute Gasteiger partial charge is 0.389 e. The summed E-state index contributed by atoms with van der Waals surface area (Å²) in [4.78, 5) is 24.9. The molecule has 1 heterocycles. The fourth-order valence-corrected chi connectivity index (χ4v) is 2.47. The minimum Gasteiger partial charge on any atom is -0.389 e. The summed E-state index contributed by atoms with van der Waals surface area (Å²) in [5, 5.41) is 2.87. The first-order valence-electron chi connectivity index (χ1n) is 7.58. The van der Waals surface area contributed by atoms with Crippen LogP contribution in [-0.4, -0.2) is 15.5 Å². The Morgan fingerprint density at radius 3 is 2.54 bits per heavy atom. The zero-order chi connectivity index (χ0) is 17.9. The van der Waals surface area contributed by atoms with E-state index in [9.17, 15) is 9.59 Å². The molecule has 3 N–H and O–H groups in total. The molecule has 2 rings (SSSR count). The SMILES string of the molecule is Cc1cccc(=O)n1CC(C)(C)C(=O)Nc1cccc(C(N)=S)c1. The molecule has 24 heavy (non-hydrogen) atoms. The summed E-state index contributed by atoms with van der Waals surface area (Å²) < 4.78 is 1.60. The average Bonchev–Trinajstić information content (AvgIpc) is 2.51. The van der Waals surface area contributed by atoms with Gasteiger partial charge in [0, 0.05) is 29.6 Å². The molecule has 0 aliphatic carbocycles. The molecule has 6 heteroatoms. The number of amides is 1. The Hall–Kier alpha value is -2.47. The first-order valence-corrected chi connectivity index (χ1v) is 7.99. The van der Waals surface area contributed by atoms with Crippen LogP contribution in [0.2, 0.25) is 0 Å². The number of carbonyl (C=O) groups excluding carboxylic acids is 1. The third kappa shape index (κ3) is 4.08. The van der Waals surface area contributed by atoms with E-state index >= 15 is 0 Å². The predicted molar refractivity (Wildman–Crippen MR) is 100 cm³/mol. The van der Waals surface area contributed by atoms with E-state index in [4.69, 9.17) is 18.0 Å². The summed E-state index contributed by atoms with van der Waals surface area (Å²) in [7, 11) is 0. The standard InChI is InChI=1S/C18H21N3O2S/c1-12-6-4-9-15(22)21(12)11-18(2,3)17(23)20-14-8-5-7-13(10-14)16(19)24/h4-10H,11H2,1-3H3,(H2,19,24)(H,20,23). The van der Waals surface area contributed by atoms with Gasteiger partial charge in [0.2, 0.25) is 5.91 Å². The molecule has 5 nitrogen and oxygen atoms in total. The minimum absolute atomic E-state index is 0.119. The van der Waals surface area contributed by atoms with Crippen LogP contribution in [0.15, 0.2) is 47.3 Å². The van der Waals surface area contributed by atoms with Crippen LogP contribution >= 0.6 is 12.2 Å². The molecule has 0 atom stereocenters. The highest BCUT2D eigenvalue weighted by Crippen LogP contribution is 2.22. The van der Waals surface area contributed by atoms with E-state index in [1.165, 1.54) is 6.07 Å². The van der Waals surface area contributed by atoms with Crippen molar-refractivity contribution in [2.45, 2.75) is 27.3 Å². The van der Waals surface area contributed by atoms with Crippen molar-refractivity contribution in [3.8, 4) is 0 Å². The van der Waals surface area contributed by atoms with E-state index in [0.29, 0.717) is 17.8 Å². The Balaban J connectivity index is 2.20. The lowest BCUT2D eigenvalue weighted by molar-refractivity contribution is -0.124. The van der Waals surface area contributed by atoms with Crippen LogP contribution in [0.25, 0.3) is 0 Å². The van der Waals surface area contributed by atoms with Crippen LogP contribution in [0.5, 0.6) is 0 Å². The van der Waals surface area contributed by atoms with Crippen LogP contribution < -0.4 is 16.6 Å². The number of nitrogens with zero attached hydrogens (tertiary/aromatic N) is 1. The molecule has 1 aromatic carbocycles. The second-order valence-electron chi connectivity index (χ2n) is 6.37. The molecule has 0 spiro atoms. The van der Waals surface area contributed by atoms with Gasteiger partial charge in [-0.1, -0.05) is 30.4 Å². The zero-order valence-corrected chi connectivity index (χ0v) is 14.8. The van der Waals surface area contributed by atoms with E-state index < -0.39 is 5.41 Å². The number of benzene rings is 1. The highest BCUT2D eigenvalue weighted by molar-refractivity contribution is 7.80. The molecule has 1 amide bonds. The molecule has 0 bridgehead atoms. The summed E-state index contributed by atoms with van der Waals surface area (Å²) >= 11 is 4.95. The van der Waals surface area contributed by atoms with Gasteiger partial charge in [0.25, 0.3) is 5.56 Å². The molecular weight excluding hydrogens is 322 g/mol. The first-order chi connectivity index (χ1) is 11.2. The number of hydrogen-bond donors (Lipinski definition) is 2. The lowest BCUT2D eigenvalue weighted by Gasteiger charge is -2.25. The van der Waals surface area contributed by atoms with Crippen LogP contribution in [0.4, 0.5) is 5.69 Å². The number of nitrogens with two attached hydrogens (primary N) is 1. The normalized spacial score (nSPS) is 11.1. The van der Waals surface area contributed by atoms with E-state index in [2.05, 4.69) is 5.32 Å². The van der Waals surface area contributed by atoms with Gasteiger partial charge in [-0.25, -0.2) is 0 Å². The Labute approximate surface area is 146 Å². The van der Waals surface area contributed by atoms with Gasteiger partial charge in [-0.05, 0) is 39.0 Å². The smallest absolute Gasteiger partial charge is 0.250 e. The second kappa shape index (κ2) is 6.97. The molecular formula is C18H21N3O2S. The van der Waals surface area contributed by atoms with Gasteiger partial charge < -0.3 is 15.6 Å². The number of carbonyl (C=O) groups is 1. The van der Waals surface area contributed by atoms with Crippen molar-refractivity contribution in [2.75, 3.05) is 5.32 Å². The fourth-order valence-electron chi connectivity index (χ4n) is 2.34. The van der Waals surface area contributed by atoms with Crippen molar-refractivity contribution in [1.29, 1.82) is 0 Å². The van der Waals surface area contributed by atoms with E-state index in [1.807, 2.05) is 13.0 Å². The first kappa shape index (κ1) is 17.9. The van der Waals surface area contributed by atoms with Crippen LogP contribution in [0.1, 0.15) is 25.1 Å². The Morgan fingerprint density at radius 1 is 1.25 bits per heavy atom. The molecule has 126 valence electrons. The quantitative estimate of drug-likeness (QED) is 0.818. The Morgan fingerprint density at radius 2 is 1.92 bits per heavy atom. The van der Waals surface area contributed by atoms with Crippen LogP contribution in [-0.2, 0) is 11.3 Å². The second-order valence-corrected chi connectivity index (χ2v) is 6.81. The molecule has 0 saturated heterocycles. The van der Waals surface area contributed by atoms with Gasteiger partial charge >= 0.3 is 0 Å². The van der Waals surface area contributed by atoms with Gasteiger partial charge in [0.15, 0.2) is 0 Å². The van der Waals surface area contributed by atoms with Crippen molar-refractivity contribution >= 4 is 28.8 Å². The van der Waals surface area contributed by atoms with Crippen molar-refractivity contribution in [3.05, 3.63) is 64.1 Å². The maximum atomic E-state index is 12.7. The number of hydrogen-bond acceptors (Lipinski definition) is 3.